The van der Waals surface area contributed by atoms with E-state index >= 15 is 0 Å². The Morgan fingerprint density at radius 1 is 1.32 bits per heavy atom. The van der Waals surface area contributed by atoms with Crippen LogP contribution in [0.3, 0.4) is 0 Å². The molecule has 0 amide bonds. The molecule has 0 aliphatic rings. The predicted octanol–water partition coefficient (Wildman–Crippen LogP) is 4.47. The molecule has 0 fully saturated rings. The van der Waals surface area contributed by atoms with Crippen LogP contribution in [0.5, 0.6) is 11.5 Å². The van der Waals surface area contributed by atoms with Crippen LogP contribution in [0, 0.1) is 29.4 Å². The van der Waals surface area contributed by atoms with Crippen LogP contribution in [0.2, 0.25) is 0 Å². The van der Waals surface area contributed by atoms with Gasteiger partial charge < -0.3 is 9.47 Å². The second-order valence-corrected chi connectivity index (χ2v) is 8.37. The Morgan fingerprint density at radius 2 is 2.06 bits per heavy atom. The van der Waals surface area contributed by atoms with E-state index in [4.69, 9.17) is 15.9 Å². The van der Waals surface area contributed by atoms with Crippen molar-refractivity contribution in [3.05, 3.63) is 68.4 Å². The molecule has 10 heteroatoms. The summed E-state index contributed by atoms with van der Waals surface area (Å²) in [6.45, 7) is 1.59. The van der Waals surface area contributed by atoms with Crippen molar-refractivity contribution in [1.82, 2.24) is 14.8 Å². The van der Waals surface area contributed by atoms with Crippen molar-refractivity contribution in [3.63, 3.8) is 0 Å². The van der Waals surface area contributed by atoms with Gasteiger partial charge in [-0.1, -0.05) is 35.9 Å². The monoisotopic (exact) mass is 502 g/mol. The fraction of sp³-hybridized carbons (Fsp3) is 0.238. The highest BCUT2D eigenvalue weighted by Gasteiger charge is 2.26. The molecular formula is C21H19BrN4O4S. The van der Waals surface area contributed by atoms with Gasteiger partial charge in [-0.2, -0.15) is 0 Å². The summed E-state index contributed by atoms with van der Waals surface area (Å²) in [6.07, 6.45) is 5.28. The average Bonchev–Trinajstić information content (AvgIpc) is 3.12. The first-order valence-corrected chi connectivity index (χ1v) is 10.8. The van der Waals surface area contributed by atoms with E-state index in [-0.39, 0.29) is 18.1 Å². The summed E-state index contributed by atoms with van der Waals surface area (Å²) >= 11 is 4.72. The molecule has 0 radical (unpaired) electrons. The number of ether oxygens (including phenoxy) is 2. The van der Waals surface area contributed by atoms with Gasteiger partial charge >= 0.3 is 0 Å². The second-order valence-electron chi connectivity index (χ2n) is 6.35. The molecular weight excluding hydrogens is 484 g/mol. The van der Waals surface area contributed by atoms with Crippen molar-refractivity contribution in [1.29, 1.82) is 0 Å². The summed E-state index contributed by atoms with van der Waals surface area (Å²) in [4.78, 5) is 11.1. The van der Waals surface area contributed by atoms with Gasteiger partial charge in [-0.25, -0.2) is 0 Å². The number of halogens is 1. The molecule has 0 aliphatic carbocycles. The van der Waals surface area contributed by atoms with Crippen molar-refractivity contribution in [2.24, 2.45) is 0 Å². The Bertz CT molecular complexity index is 1110. The molecule has 2 aromatic carbocycles. The Kier molecular flexibility index (Phi) is 7.55. The third-order valence-corrected chi connectivity index (χ3v) is 6.07. The van der Waals surface area contributed by atoms with Gasteiger partial charge in [0, 0.05) is 10.6 Å². The van der Waals surface area contributed by atoms with Crippen molar-refractivity contribution in [2.75, 3.05) is 20.3 Å². The number of thioether (sulfide) groups is 1. The second kappa shape index (κ2) is 10.3. The van der Waals surface area contributed by atoms with Gasteiger partial charge in [-0.05, 0) is 52.7 Å². The zero-order chi connectivity index (χ0) is 22.4. The maximum Gasteiger partial charge on any atom is 0.220 e. The number of aryl methyl sites for hydroxylation is 1. The van der Waals surface area contributed by atoms with Crippen LogP contribution < -0.4 is 9.47 Å². The lowest BCUT2D eigenvalue weighted by molar-refractivity contribution is -0.479. The van der Waals surface area contributed by atoms with E-state index in [1.165, 1.54) is 18.9 Å². The lowest BCUT2D eigenvalue weighted by Gasteiger charge is -2.17. The molecule has 1 atom stereocenters. The number of benzene rings is 2. The lowest BCUT2D eigenvalue weighted by atomic mass is 10.1. The van der Waals surface area contributed by atoms with Crippen molar-refractivity contribution in [3.8, 4) is 29.5 Å². The van der Waals surface area contributed by atoms with E-state index in [0.29, 0.717) is 32.5 Å². The number of rotatable bonds is 9. The number of nitro groups is 1. The van der Waals surface area contributed by atoms with Crippen LogP contribution >= 0.6 is 27.7 Å². The Morgan fingerprint density at radius 3 is 2.71 bits per heavy atom. The van der Waals surface area contributed by atoms with Crippen LogP contribution in [-0.4, -0.2) is 39.9 Å². The van der Waals surface area contributed by atoms with Crippen molar-refractivity contribution < 1.29 is 14.4 Å². The topological polar surface area (TPSA) is 92.3 Å². The number of methoxy groups -OCH3 is 1. The van der Waals surface area contributed by atoms with Gasteiger partial charge in [0.25, 0.3) is 0 Å². The average molecular weight is 503 g/mol. The molecule has 3 aromatic rings. The molecule has 0 saturated heterocycles. The summed E-state index contributed by atoms with van der Waals surface area (Å²) < 4.78 is 13.4. The van der Waals surface area contributed by atoms with Crippen LogP contribution in [0.1, 0.15) is 16.6 Å². The minimum absolute atomic E-state index is 0.0703. The lowest BCUT2D eigenvalue weighted by Crippen LogP contribution is -2.12. The summed E-state index contributed by atoms with van der Waals surface area (Å²) in [6, 6.07) is 13.1. The van der Waals surface area contributed by atoms with Crippen molar-refractivity contribution in [2.45, 2.75) is 17.3 Å². The molecule has 1 heterocycles. The number of aromatic nitrogens is 3. The zero-order valence-corrected chi connectivity index (χ0v) is 19.2. The smallest absolute Gasteiger partial charge is 0.220 e. The van der Waals surface area contributed by atoms with Crippen LogP contribution in [0.25, 0.3) is 5.69 Å². The Labute approximate surface area is 192 Å². The van der Waals surface area contributed by atoms with Crippen molar-refractivity contribution >= 4 is 27.7 Å². The van der Waals surface area contributed by atoms with E-state index in [0.717, 1.165) is 5.69 Å². The standard InChI is InChI=1S/C21H19BrN4O4S/c1-4-10-30-20-17(22)11-15(12-18(20)29-3)19(13-25(27)28)31-21-24-23-14(2)26(21)16-8-6-5-7-9-16/h1,5-9,11-12,19H,10,13H2,2-3H3/t19-/m0/s1. The summed E-state index contributed by atoms with van der Waals surface area (Å²) in [5.41, 5.74) is 1.56. The highest BCUT2D eigenvalue weighted by Crippen LogP contribution is 2.43. The normalized spacial score (nSPS) is 11.5. The van der Waals surface area contributed by atoms with E-state index in [1.807, 2.05) is 41.8 Å². The molecule has 0 saturated carbocycles. The molecule has 3 rings (SSSR count). The Balaban J connectivity index is 2.01. The molecule has 0 N–H and O–H groups in total. The minimum atomic E-state index is -0.548. The highest BCUT2D eigenvalue weighted by molar-refractivity contribution is 9.10. The van der Waals surface area contributed by atoms with Gasteiger partial charge in [-0.15, -0.1) is 16.6 Å². The Hall–Kier alpha value is -3.03. The largest absolute Gasteiger partial charge is 0.493 e. The van der Waals surface area contributed by atoms with E-state index < -0.39 is 5.25 Å². The molecule has 0 bridgehead atoms. The number of hydrogen-bond acceptors (Lipinski definition) is 7. The fourth-order valence-electron chi connectivity index (χ4n) is 2.95. The molecule has 8 nitrogen and oxygen atoms in total. The SMILES string of the molecule is C#CCOc1c(Br)cc([C@H](C[N+](=O)[O-])Sc2nnc(C)n2-c2ccccc2)cc1OC. The van der Waals surface area contributed by atoms with E-state index in [1.54, 1.807) is 12.1 Å². The third-order valence-electron chi connectivity index (χ3n) is 4.30. The molecule has 0 unspecified atom stereocenters. The summed E-state index contributed by atoms with van der Waals surface area (Å²) in [5.74, 6) is 3.96. The maximum atomic E-state index is 11.4. The molecule has 31 heavy (non-hydrogen) atoms. The van der Waals surface area contributed by atoms with E-state index in [2.05, 4.69) is 32.0 Å². The quantitative estimate of drug-likeness (QED) is 0.184. The summed E-state index contributed by atoms with van der Waals surface area (Å²) in [5, 5.41) is 19.9. The number of nitrogens with zero attached hydrogens (tertiary/aromatic N) is 4. The molecule has 0 spiro atoms. The first-order chi connectivity index (χ1) is 14.9. The zero-order valence-electron chi connectivity index (χ0n) is 16.8. The molecule has 1 aromatic heterocycles. The number of hydrogen-bond donors (Lipinski definition) is 0. The van der Waals surface area contributed by atoms with Crippen LogP contribution in [-0.2, 0) is 0 Å². The molecule has 0 aliphatic heterocycles. The fourth-order valence-corrected chi connectivity index (χ4v) is 4.67. The van der Waals surface area contributed by atoms with Gasteiger partial charge in [-0.3, -0.25) is 14.7 Å². The van der Waals surface area contributed by atoms with Crippen LogP contribution in [0.15, 0.2) is 52.1 Å². The summed E-state index contributed by atoms with van der Waals surface area (Å²) in [7, 11) is 1.50. The van der Waals surface area contributed by atoms with E-state index in [9.17, 15) is 10.1 Å². The van der Waals surface area contributed by atoms with Gasteiger partial charge in [0.05, 0.1) is 11.6 Å². The third kappa shape index (κ3) is 5.37. The van der Waals surface area contributed by atoms with Crippen LogP contribution in [0.4, 0.5) is 0 Å². The van der Waals surface area contributed by atoms with Gasteiger partial charge in [0.1, 0.15) is 17.7 Å². The number of para-hydroxylation sites is 1. The first kappa shape index (κ1) is 22.7. The minimum Gasteiger partial charge on any atom is -0.493 e. The van der Waals surface area contributed by atoms with Gasteiger partial charge in [0.15, 0.2) is 16.7 Å². The predicted molar refractivity (Wildman–Crippen MR) is 122 cm³/mol. The first-order valence-electron chi connectivity index (χ1n) is 9.14. The molecule has 160 valence electrons. The number of terminal acetylenes is 1. The highest BCUT2D eigenvalue weighted by atomic mass is 79.9. The maximum absolute atomic E-state index is 11.4. The van der Waals surface area contributed by atoms with Gasteiger partial charge in [0.2, 0.25) is 6.54 Å².